The van der Waals surface area contributed by atoms with Gasteiger partial charge in [-0.05, 0) is 48.9 Å². The molecule has 0 heterocycles. The van der Waals surface area contributed by atoms with Crippen molar-refractivity contribution in [3.8, 4) is 12.1 Å². The summed E-state index contributed by atoms with van der Waals surface area (Å²) in [5, 5.41) is 21.7. The maximum Gasteiger partial charge on any atom is 0.235 e. The maximum absolute atomic E-state index is 13.0. The van der Waals surface area contributed by atoms with Crippen LogP contribution in [0.3, 0.4) is 0 Å². The van der Waals surface area contributed by atoms with Crippen molar-refractivity contribution in [3.63, 3.8) is 0 Å². The van der Waals surface area contributed by atoms with Crippen molar-refractivity contribution in [3.05, 3.63) is 64.9 Å². The molecule has 27 heavy (non-hydrogen) atoms. The second kappa shape index (κ2) is 8.93. The van der Waals surface area contributed by atoms with E-state index in [1.165, 1.54) is 31.2 Å². The molecule has 2 aromatic rings. The van der Waals surface area contributed by atoms with Gasteiger partial charge in [0.15, 0.2) is 0 Å². The summed E-state index contributed by atoms with van der Waals surface area (Å²) in [6.07, 6.45) is 0. The van der Waals surface area contributed by atoms with Crippen molar-refractivity contribution in [1.82, 2.24) is 0 Å². The summed E-state index contributed by atoms with van der Waals surface area (Å²) in [4.78, 5) is 25.1. The number of rotatable bonds is 6. The summed E-state index contributed by atoms with van der Waals surface area (Å²) in [6.45, 7) is 1.23. The Kier molecular flexibility index (Phi) is 6.65. The number of ketones is 1. The zero-order valence-corrected chi connectivity index (χ0v) is 15.1. The van der Waals surface area contributed by atoms with Gasteiger partial charge >= 0.3 is 0 Å². The van der Waals surface area contributed by atoms with Crippen LogP contribution in [0.15, 0.2) is 48.5 Å². The first-order valence-corrected chi connectivity index (χ1v) is 8.36. The second-order valence-corrected chi connectivity index (χ2v) is 6.33. The summed E-state index contributed by atoms with van der Waals surface area (Å²) in [6, 6.07) is 15.0. The second-order valence-electron chi connectivity index (χ2n) is 5.90. The van der Waals surface area contributed by atoms with Crippen LogP contribution in [0.5, 0.6) is 0 Å². The first-order valence-electron chi connectivity index (χ1n) is 7.99. The quantitative estimate of drug-likeness (QED) is 0.761. The number of anilines is 1. The van der Waals surface area contributed by atoms with Gasteiger partial charge in [0.1, 0.15) is 23.4 Å². The molecule has 0 fully saturated rings. The minimum absolute atomic E-state index is 0.299. The lowest BCUT2D eigenvalue weighted by Gasteiger charge is -2.25. The van der Waals surface area contributed by atoms with Gasteiger partial charge in [-0.1, -0.05) is 23.7 Å². The van der Waals surface area contributed by atoms with Gasteiger partial charge in [0.25, 0.3) is 0 Å². The van der Waals surface area contributed by atoms with E-state index in [1.807, 2.05) is 12.1 Å². The number of nitrogens with zero attached hydrogens (tertiary/aromatic N) is 2. The molecule has 0 aliphatic heterocycles. The summed E-state index contributed by atoms with van der Waals surface area (Å²) < 4.78 is 13.0. The molecule has 1 amide bonds. The van der Waals surface area contributed by atoms with Crippen LogP contribution in [0.4, 0.5) is 10.1 Å². The van der Waals surface area contributed by atoms with Crippen LogP contribution < -0.4 is 5.32 Å². The molecule has 0 saturated heterocycles. The van der Waals surface area contributed by atoms with Crippen molar-refractivity contribution in [2.45, 2.75) is 12.8 Å². The number of nitriles is 2. The minimum atomic E-state index is -1.28. The average molecular weight is 384 g/mol. The largest absolute Gasteiger partial charge is 0.325 e. The standard InChI is InChI=1S/C20H15ClFN3O2/c1-12(26)18(20(27)25-17-8-6-16(22)7-9-17)19(14(10-23)11-24)13-2-4-15(21)5-3-13/h2-9,14,18-19H,1H3,(H,25,27)/t18-,19+/m1/s1. The number of amides is 1. The normalized spacial score (nSPS) is 12.5. The van der Waals surface area contributed by atoms with Crippen molar-refractivity contribution in [2.75, 3.05) is 5.32 Å². The fourth-order valence-electron chi connectivity index (χ4n) is 2.81. The fraction of sp³-hybridized carbons (Fsp3) is 0.200. The Labute approximate surface area is 161 Å². The zero-order chi connectivity index (χ0) is 20.0. The zero-order valence-electron chi connectivity index (χ0n) is 14.3. The third kappa shape index (κ3) is 4.91. The van der Waals surface area contributed by atoms with E-state index < -0.39 is 35.3 Å². The van der Waals surface area contributed by atoms with Crippen LogP contribution in [0.1, 0.15) is 18.4 Å². The van der Waals surface area contributed by atoms with E-state index in [0.717, 1.165) is 0 Å². The summed E-state index contributed by atoms with van der Waals surface area (Å²) in [5.41, 5.74) is 0.773. The molecule has 136 valence electrons. The van der Waals surface area contributed by atoms with Crippen LogP contribution in [-0.4, -0.2) is 11.7 Å². The Morgan fingerprint density at radius 3 is 2.07 bits per heavy atom. The highest BCUT2D eigenvalue weighted by Crippen LogP contribution is 2.34. The lowest BCUT2D eigenvalue weighted by Crippen LogP contribution is -2.36. The maximum atomic E-state index is 13.0. The molecule has 0 bridgehead atoms. The number of halogens is 2. The first kappa shape index (κ1) is 20.1. The van der Waals surface area contributed by atoms with Gasteiger partial charge in [0.05, 0.1) is 12.1 Å². The van der Waals surface area contributed by atoms with Crippen LogP contribution in [0.2, 0.25) is 5.02 Å². The van der Waals surface area contributed by atoms with Gasteiger partial charge in [-0.3, -0.25) is 9.59 Å². The molecule has 0 spiro atoms. The fourth-order valence-corrected chi connectivity index (χ4v) is 2.93. The lowest BCUT2D eigenvalue weighted by atomic mass is 9.75. The van der Waals surface area contributed by atoms with Crippen molar-refractivity contribution in [1.29, 1.82) is 10.5 Å². The number of Topliss-reactive ketones (excluding diaryl/α,β-unsaturated/α-hetero) is 1. The number of benzene rings is 2. The smallest absolute Gasteiger partial charge is 0.235 e. The van der Waals surface area contributed by atoms with E-state index in [-0.39, 0.29) is 0 Å². The molecular formula is C20H15ClFN3O2. The number of nitrogens with one attached hydrogen (secondary N) is 1. The van der Waals surface area contributed by atoms with E-state index in [4.69, 9.17) is 11.6 Å². The summed E-state index contributed by atoms with van der Waals surface area (Å²) in [7, 11) is 0. The van der Waals surface area contributed by atoms with Gasteiger partial charge in [-0.2, -0.15) is 10.5 Å². The first-order chi connectivity index (χ1) is 12.9. The topological polar surface area (TPSA) is 93.8 Å². The average Bonchev–Trinajstić information content (AvgIpc) is 2.64. The van der Waals surface area contributed by atoms with Gasteiger partial charge in [-0.15, -0.1) is 0 Å². The lowest BCUT2D eigenvalue weighted by molar-refractivity contribution is -0.131. The van der Waals surface area contributed by atoms with Gasteiger partial charge in [0.2, 0.25) is 5.91 Å². The predicted octanol–water partition coefficient (Wildman–Crippen LogP) is 4.07. The van der Waals surface area contributed by atoms with Crippen molar-refractivity contribution >= 4 is 29.0 Å². The highest BCUT2D eigenvalue weighted by atomic mass is 35.5. The van der Waals surface area contributed by atoms with E-state index in [1.54, 1.807) is 24.3 Å². The highest BCUT2D eigenvalue weighted by Gasteiger charge is 2.39. The molecule has 0 aliphatic carbocycles. The summed E-state index contributed by atoms with van der Waals surface area (Å²) in [5.74, 6) is -5.12. The van der Waals surface area contributed by atoms with Gasteiger partial charge < -0.3 is 5.32 Å². The van der Waals surface area contributed by atoms with E-state index >= 15 is 0 Å². The molecule has 2 aromatic carbocycles. The monoisotopic (exact) mass is 383 g/mol. The van der Waals surface area contributed by atoms with Crippen molar-refractivity contribution in [2.24, 2.45) is 11.8 Å². The Hall–Kier alpha value is -3.22. The van der Waals surface area contributed by atoms with Gasteiger partial charge in [0, 0.05) is 16.6 Å². The highest BCUT2D eigenvalue weighted by molar-refractivity contribution is 6.30. The minimum Gasteiger partial charge on any atom is -0.325 e. The van der Waals surface area contributed by atoms with Crippen LogP contribution >= 0.6 is 11.6 Å². The summed E-state index contributed by atoms with van der Waals surface area (Å²) >= 11 is 5.88. The molecule has 7 heteroatoms. The molecule has 2 atom stereocenters. The number of carbonyl (C=O) groups is 2. The van der Waals surface area contributed by atoms with Gasteiger partial charge in [-0.25, -0.2) is 4.39 Å². The molecule has 0 aliphatic rings. The Morgan fingerprint density at radius 1 is 1.04 bits per heavy atom. The molecule has 0 radical (unpaired) electrons. The van der Waals surface area contributed by atoms with E-state index in [2.05, 4.69) is 5.32 Å². The molecule has 5 nitrogen and oxygen atoms in total. The van der Waals surface area contributed by atoms with E-state index in [9.17, 15) is 24.5 Å². The van der Waals surface area contributed by atoms with Crippen LogP contribution in [0.25, 0.3) is 0 Å². The van der Waals surface area contributed by atoms with Crippen LogP contribution in [-0.2, 0) is 9.59 Å². The molecule has 1 N–H and O–H groups in total. The Morgan fingerprint density at radius 2 is 1.59 bits per heavy atom. The molecule has 2 rings (SSSR count). The number of hydrogen-bond donors (Lipinski definition) is 1. The third-order valence-electron chi connectivity index (χ3n) is 4.08. The molecule has 0 saturated carbocycles. The predicted molar refractivity (Wildman–Crippen MR) is 98.1 cm³/mol. The number of hydrogen-bond acceptors (Lipinski definition) is 4. The van der Waals surface area contributed by atoms with E-state index in [0.29, 0.717) is 16.3 Å². The molecule has 0 unspecified atom stereocenters. The molecular weight excluding hydrogens is 369 g/mol. The number of carbonyl (C=O) groups excluding carboxylic acids is 2. The van der Waals surface area contributed by atoms with Crippen LogP contribution in [0, 0.1) is 40.3 Å². The third-order valence-corrected chi connectivity index (χ3v) is 4.34. The van der Waals surface area contributed by atoms with Crippen molar-refractivity contribution < 1.29 is 14.0 Å². The Balaban J connectivity index is 2.44. The molecule has 0 aromatic heterocycles. The SMILES string of the molecule is CC(=O)[C@@H](C(=O)Nc1ccc(F)cc1)[C@@H](c1ccc(Cl)cc1)C(C#N)C#N. The Bertz CT molecular complexity index is 900.